The second-order valence-corrected chi connectivity index (χ2v) is 7.13. The Kier molecular flexibility index (Phi) is 12.3. The Morgan fingerprint density at radius 1 is 0.958 bits per heavy atom. The molecule has 0 N–H and O–H groups in total. The summed E-state index contributed by atoms with van der Waals surface area (Å²) in [6, 6.07) is 0. The smallest absolute Gasteiger partial charge is 0.125 e. The summed E-state index contributed by atoms with van der Waals surface area (Å²) in [6.07, 6.45) is 23.8. The number of rotatable bonds is 15. The van der Waals surface area contributed by atoms with Gasteiger partial charge in [0.25, 0.3) is 0 Å². The summed E-state index contributed by atoms with van der Waals surface area (Å²) < 4.78 is 0. The Balaban J connectivity index is 1.83. The topological polar surface area (TPSA) is 12.5 Å². The van der Waals surface area contributed by atoms with E-state index in [0.29, 0.717) is 0 Å². The van der Waals surface area contributed by atoms with Gasteiger partial charge in [-0.3, -0.25) is 0 Å². The predicted molar refractivity (Wildman–Crippen MR) is 106 cm³/mol. The van der Waals surface area contributed by atoms with E-state index in [2.05, 4.69) is 32.6 Å². The first-order chi connectivity index (χ1) is 11.7. The lowest BCUT2D eigenvalue weighted by Gasteiger charge is -2.23. The lowest BCUT2D eigenvalue weighted by Crippen LogP contribution is -2.19. The van der Waals surface area contributed by atoms with Crippen LogP contribution >= 0.6 is 0 Å². The first-order valence-corrected chi connectivity index (χ1v) is 10.2. The molecule has 0 unspecified atom stereocenters. The number of hydroxylamine groups is 2. The van der Waals surface area contributed by atoms with Crippen LogP contribution in [0.3, 0.4) is 0 Å². The molecule has 138 valence electrons. The molecule has 1 aliphatic rings. The second kappa shape index (κ2) is 14.2. The summed E-state index contributed by atoms with van der Waals surface area (Å²) in [5.74, 6) is 0.889. The van der Waals surface area contributed by atoms with Gasteiger partial charge >= 0.3 is 0 Å². The van der Waals surface area contributed by atoms with Crippen LogP contribution in [-0.2, 0) is 4.84 Å². The van der Waals surface area contributed by atoms with Gasteiger partial charge in [-0.25, -0.2) is 5.06 Å². The van der Waals surface area contributed by atoms with E-state index >= 15 is 0 Å². The van der Waals surface area contributed by atoms with Crippen LogP contribution in [0, 0.1) is 0 Å². The summed E-state index contributed by atoms with van der Waals surface area (Å²) in [7, 11) is 0. The Labute approximate surface area is 150 Å². The van der Waals surface area contributed by atoms with Crippen LogP contribution in [0.5, 0.6) is 0 Å². The zero-order chi connectivity index (χ0) is 17.5. The number of nitrogens with zero attached hydrogens (tertiary/aromatic N) is 1. The van der Waals surface area contributed by atoms with E-state index in [9.17, 15) is 0 Å². The molecule has 0 amide bonds. The molecule has 0 radical (unpaired) electrons. The largest absolute Gasteiger partial charge is 0.385 e. The lowest BCUT2D eigenvalue weighted by atomic mass is 10.0. The molecule has 2 nitrogen and oxygen atoms in total. The third-order valence-electron chi connectivity index (χ3n) is 4.65. The zero-order valence-electron chi connectivity index (χ0n) is 16.2. The normalized spacial score (nSPS) is 13.9. The Morgan fingerprint density at radius 3 is 2.00 bits per heavy atom. The molecule has 0 fully saturated rings. The van der Waals surface area contributed by atoms with Crippen LogP contribution < -0.4 is 0 Å². The molecule has 0 aliphatic carbocycles. The number of hydrogen-bond donors (Lipinski definition) is 0. The van der Waals surface area contributed by atoms with Crippen LogP contribution in [0.2, 0.25) is 0 Å². The van der Waals surface area contributed by atoms with E-state index < -0.39 is 0 Å². The van der Waals surface area contributed by atoms with Crippen molar-refractivity contribution in [2.24, 2.45) is 0 Å². The molecule has 0 saturated heterocycles. The van der Waals surface area contributed by atoms with E-state index in [-0.39, 0.29) is 0 Å². The Bertz CT molecular complexity index is 383. The fourth-order valence-corrected chi connectivity index (χ4v) is 3.01. The van der Waals surface area contributed by atoms with Crippen molar-refractivity contribution in [1.29, 1.82) is 0 Å². The van der Waals surface area contributed by atoms with Crippen molar-refractivity contribution in [3.05, 3.63) is 36.3 Å². The maximum absolute atomic E-state index is 5.75. The van der Waals surface area contributed by atoms with E-state index in [1.165, 1.54) is 82.6 Å². The molecule has 0 aromatic heterocycles. The number of allylic oxidation sites excluding steroid dienone is 3. The number of hydrogen-bond acceptors (Lipinski definition) is 2. The fraction of sp³-hybridized carbons (Fsp3) is 0.727. The van der Waals surface area contributed by atoms with Crippen molar-refractivity contribution in [1.82, 2.24) is 5.06 Å². The Hall–Kier alpha value is -1.18. The van der Waals surface area contributed by atoms with Crippen molar-refractivity contribution >= 4 is 0 Å². The molecule has 1 heterocycles. The molecule has 24 heavy (non-hydrogen) atoms. The first kappa shape index (κ1) is 20.9. The van der Waals surface area contributed by atoms with E-state index in [0.717, 1.165) is 18.7 Å². The molecule has 2 heteroatoms. The average molecular weight is 334 g/mol. The van der Waals surface area contributed by atoms with Gasteiger partial charge < -0.3 is 4.84 Å². The van der Waals surface area contributed by atoms with Gasteiger partial charge in [-0.1, -0.05) is 95.8 Å². The zero-order valence-corrected chi connectivity index (χ0v) is 16.2. The molecule has 0 aromatic rings. The highest BCUT2D eigenvalue weighted by Gasteiger charge is 2.05. The van der Waals surface area contributed by atoms with Crippen molar-refractivity contribution in [2.45, 2.75) is 97.3 Å². The first-order valence-electron chi connectivity index (χ1n) is 10.2. The van der Waals surface area contributed by atoms with E-state index in [1.807, 2.05) is 11.3 Å². The SMILES string of the molecule is C=C(CCCCCCCCCCCCCC)ON1C=CC(C)=CC1. The maximum atomic E-state index is 5.75. The van der Waals surface area contributed by atoms with Gasteiger partial charge in [0.15, 0.2) is 0 Å². The van der Waals surface area contributed by atoms with Crippen molar-refractivity contribution < 1.29 is 4.84 Å². The summed E-state index contributed by atoms with van der Waals surface area (Å²) >= 11 is 0. The maximum Gasteiger partial charge on any atom is 0.125 e. The third-order valence-corrected chi connectivity index (χ3v) is 4.65. The van der Waals surface area contributed by atoms with Crippen LogP contribution in [0.1, 0.15) is 97.3 Å². The molecule has 0 saturated carbocycles. The van der Waals surface area contributed by atoms with Gasteiger partial charge in [0.05, 0.1) is 6.54 Å². The summed E-state index contributed by atoms with van der Waals surface area (Å²) in [5.41, 5.74) is 1.29. The van der Waals surface area contributed by atoms with Crippen molar-refractivity contribution in [3.8, 4) is 0 Å². The molecule has 0 spiro atoms. The van der Waals surface area contributed by atoms with Crippen LogP contribution in [0.15, 0.2) is 36.3 Å². The predicted octanol–water partition coefficient (Wildman–Crippen LogP) is 7.30. The fourth-order valence-electron chi connectivity index (χ4n) is 3.01. The van der Waals surface area contributed by atoms with Crippen LogP contribution in [0.25, 0.3) is 0 Å². The van der Waals surface area contributed by atoms with Gasteiger partial charge in [-0.05, 0) is 19.4 Å². The third kappa shape index (κ3) is 11.4. The molecule has 0 aromatic carbocycles. The summed E-state index contributed by atoms with van der Waals surface area (Å²) in [5, 5.41) is 1.86. The second-order valence-electron chi connectivity index (χ2n) is 7.13. The number of unbranched alkanes of at least 4 members (excludes halogenated alkanes) is 11. The highest BCUT2D eigenvalue weighted by atomic mass is 16.7. The minimum atomic E-state index is 0.819. The minimum Gasteiger partial charge on any atom is -0.385 e. The van der Waals surface area contributed by atoms with E-state index in [4.69, 9.17) is 4.84 Å². The van der Waals surface area contributed by atoms with Gasteiger partial charge in [0.1, 0.15) is 5.76 Å². The van der Waals surface area contributed by atoms with Crippen LogP contribution in [-0.4, -0.2) is 11.6 Å². The molecule has 0 atom stereocenters. The van der Waals surface area contributed by atoms with Gasteiger partial charge in [0.2, 0.25) is 0 Å². The van der Waals surface area contributed by atoms with Crippen LogP contribution in [0.4, 0.5) is 0 Å². The summed E-state index contributed by atoms with van der Waals surface area (Å²) in [6.45, 7) is 9.25. The van der Waals surface area contributed by atoms with E-state index in [1.54, 1.807) is 0 Å². The molecular formula is C22H39NO. The standard InChI is InChI=1S/C22H39NO/c1-4-5-6-7-8-9-10-11-12-13-14-15-16-22(3)24-23-19-17-21(2)18-20-23/h17-19H,3-16,20H2,1-2H3. The highest BCUT2D eigenvalue weighted by molar-refractivity contribution is 5.19. The van der Waals surface area contributed by atoms with Gasteiger partial charge in [-0.15, -0.1) is 0 Å². The minimum absolute atomic E-state index is 0.819. The average Bonchev–Trinajstić information content (AvgIpc) is 2.58. The molecular weight excluding hydrogens is 294 g/mol. The van der Waals surface area contributed by atoms with Gasteiger partial charge in [0, 0.05) is 12.6 Å². The molecule has 1 aliphatic heterocycles. The highest BCUT2D eigenvalue weighted by Crippen LogP contribution is 2.16. The monoisotopic (exact) mass is 333 g/mol. The lowest BCUT2D eigenvalue weighted by molar-refractivity contribution is -0.0704. The van der Waals surface area contributed by atoms with Crippen molar-refractivity contribution in [3.63, 3.8) is 0 Å². The molecule has 1 rings (SSSR count). The van der Waals surface area contributed by atoms with Crippen molar-refractivity contribution in [2.75, 3.05) is 6.54 Å². The Morgan fingerprint density at radius 2 is 1.50 bits per heavy atom. The quantitative estimate of drug-likeness (QED) is 0.230. The summed E-state index contributed by atoms with van der Waals surface area (Å²) in [4.78, 5) is 5.75. The van der Waals surface area contributed by atoms with Gasteiger partial charge in [-0.2, -0.15) is 0 Å². The molecule has 0 bridgehead atoms.